The second-order valence-electron chi connectivity index (χ2n) is 5.92. The SMILES string of the molecule is CCN1CCN(Cc2cncc(-c3cc(F)ccc3F)c2)CC1. The molecule has 1 aliphatic rings. The summed E-state index contributed by atoms with van der Waals surface area (Å²) in [5.74, 6) is -0.871. The van der Waals surface area contributed by atoms with E-state index in [9.17, 15) is 8.78 Å². The van der Waals surface area contributed by atoms with E-state index >= 15 is 0 Å². The highest BCUT2D eigenvalue weighted by molar-refractivity contribution is 5.63. The zero-order chi connectivity index (χ0) is 16.2. The maximum absolute atomic E-state index is 13.9. The van der Waals surface area contributed by atoms with Crippen LogP contribution in [0.15, 0.2) is 36.7 Å². The summed E-state index contributed by atoms with van der Waals surface area (Å²) >= 11 is 0. The minimum atomic E-state index is -0.442. The van der Waals surface area contributed by atoms with E-state index in [-0.39, 0.29) is 5.56 Å². The Morgan fingerprint density at radius 2 is 1.74 bits per heavy atom. The molecule has 1 aromatic heterocycles. The number of nitrogens with zero attached hydrogens (tertiary/aromatic N) is 3. The highest BCUT2D eigenvalue weighted by atomic mass is 19.1. The van der Waals surface area contributed by atoms with E-state index in [0.29, 0.717) is 5.56 Å². The fourth-order valence-electron chi connectivity index (χ4n) is 2.96. The van der Waals surface area contributed by atoms with Gasteiger partial charge in [-0.15, -0.1) is 0 Å². The van der Waals surface area contributed by atoms with Gasteiger partial charge in [-0.3, -0.25) is 9.88 Å². The van der Waals surface area contributed by atoms with E-state index < -0.39 is 11.6 Å². The number of halogens is 2. The molecule has 1 fully saturated rings. The van der Waals surface area contributed by atoms with Gasteiger partial charge in [-0.25, -0.2) is 8.78 Å². The summed E-state index contributed by atoms with van der Waals surface area (Å²) in [5.41, 5.74) is 1.90. The second kappa shape index (κ2) is 7.15. The number of hydrogen-bond acceptors (Lipinski definition) is 3. The van der Waals surface area contributed by atoms with Gasteiger partial charge >= 0.3 is 0 Å². The molecule has 3 nitrogen and oxygen atoms in total. The van der Waals surface area contributed by atoms with Crippen molar-refractivity contribution in [1.29, 1.82) is 0 Å². The summed E-state index contributed by atoms with van der Waals surface area (Å²) in [4.78, 5) is 9.00. The Hall–Kier alpha value is -1.85. The molecule has 1 aliphatic heterocycles. The van der Waals surface area contributed by atoms with Crippen LogP contribution in [0.3, 0.4) is 0 Å². The summed E-state index contributed by atoms with van der Waals surface area (Å²) in [5, 5.41) is 0. The summed E-state index contributed by atoms with van der Waals surface area (Å²) in [6.45, 7) is 8.23. The van der Waals surface area contributed by atoms with Crippen molar-refractivity contribution < 1.29 is 8.78 Å². The highest BCUT2D eigenvalue weighted by Gasteiger charge is 2.16. The van der Waals surface area contributed by atoms with Crippen molar-refractivity contribution in [2.75, 3.05) is 32.7 Å². The lowest BCUT2D eigenvalue weighted by molar-refractivity contribution is 0.132. The largest absolute Gasteiger partial charge is 0.301 e. The molecule has 0 unspecified atom stereocenters. The first-order valence-electron chi connectivity index (χ1n) is 8.00. The third-order valence-corrected chi connectivity index (χ3v) is 4.35. The molecule has 0 amide bonds. The first-order valence-corrected chi connectivity index (χ1v) is 8.00. The van der Waals surface area contributed by atoms with Crippen molar-refractivity contribution in [3.63, 3.8) is 0 Å². The van der Waals surface area contributed by atoms with E-state index in [1.807, 2.05) is 6.07 Å². The molecule has 0 bridgehead atoms. The van der Waals surface area contributed by atoms with Crippen LogP contribution in [0.4, 0.5) is 8.78 Å². The molecule has 0 radical (unpaired) electrons. The molecule has 1 saturated heterocycles. The first kappa shape index (κ1) is 16.0. The fraction of sp³-hybridized carbons (Fsp3) is 0.389. The number of piperazine rings is 1. The Bertz CT molecular complexity index is 667. The molecule has 1 aromatic carbocycles. The van der Waals surface area contributed by atoms with E-state index in [1.54, 1.807) is 12.4 Å². The first-order chi connectivity index (χ1) is 11.2. The van der Waals surface area contributed by atoms with Gasteiger partial charge in [0.25, 0.3) is 0 Å². The quantitative estimate of drug-likeness (QED) is 0.863. The molecule has 23 heavy (non-hydrogen) atoms. The van der Waals surface area contributed by atoms with Gasteiger partial charge < -0.3 is 4.90 Å². The minimum Gasteiger partial charge on any atom is -0.301 e. The van der Waals surface area contributed by atoms with Crippen LogP contribution in [-0.4, -0.2) is 47.5 Å². The number of rotatable bonds is 4. The van der Waals surface area contributed by atoms with E-state index in [1.165, 1.54) is 6.07 Å². The van der Waals surface area contributed by atoms with Gasteiger partial charge in [0.15, 0.2) is 0 Å². The van der Waals surface area contributed by atoms with E-state index in [4.69, 9.17) is 0 Å². The molecule has 122 valence electrons. The molecule has 3 rings (SSSR count). The van der Waals surface area contributed by atoms with Crippen LogP contribution in [0.2, 0.25) is 0 Å². The van der Waals surface area contributed by atoms with Crippen LogP contribution in [0, 0.1) is 11.6 Å². The molecule has 0 atom stereocenters. The summed E-state index contributed by atoms with van der Waals surface area (Å²) < 4.78 is 27.3. The maximum atomic E-state index is 13.9. The van der Waals surface area contributed by atoms with Crippen LogP contribution < -0.4 is 0 Å². The van der Waals surface area contributed by atoms with Crippen LogP contribution in [0.1, 0.15) is 12.5 Å². The third kappa shape index (κ3) is 3.92. The van der Waals surface area contributed by atoms with Crippen molar-refractivity contribution in [3.8, 4) is 11.1 Å². The smallest absolute Gasteiger partial charge is 0.131 e. The van der Waals surface area contributed by atoms with Gasteiger partial charge in [0.2, 0.25) is 0 Å². The lowest BCUT2D eigenvalue weighted by Crippen LogP contribution is -2.45. The van der Waals surface area contributed by atoms with Crippen LogP contribution >= 0.6 is 0 Å². The Balaban J connectivity index is 1.74. The number of benzene rings is 1. The van der Waals surface area contributed by atoms with Gasteiger partial charge in [-0.05, 0) is 36.4 Å². The molecule has 0 N–H and O–H groups in total. The van der Waals surface area contributed by atoms with Crippen molar-refractivity contribution >= 4 is 0 Å². The molecule has 2 aromatic rings. The normalized spacial score (nSPS) is 16.7. The van der Waals surface area contributed by atoms with Gasteiger partial charge in [0, 0.05) is 56.2 Å². The molecule has 0 aliphatic carbocycles. The Morgan fingerprint density at radius 1 is 1.00 bits per heavy atom. The lowest BCUT2D eigenvalue weighted by Gasteiger charge is -2.34. The maximum Gasteiger partial charge on any atom is 0.131 e. The average molecular weight is 317 g/mol. The average Bonchev–Trinajstić information content (AvgIpc) is 2.58. The molecule has 0 saturated carbocycles. The van der Waals surface area contributed by atoms with Crippen LogP contribution in [0.25, 0.3) is 11.1 Å². The Morgan fingerprint density at radius 3 is 2.48 bits per heavy atom. The molecule has 5 heteroatoms. The molecule has 2 heterocycles. The van der Waals surface area contributed by atoms with Gasteiger partial charge in [-0.2, -0.15) is 0 Å². The number of aromatic nitrogens is 1. The summed E-state index contributed by atoms with van der Waals surface area (Å²) in [7, 11) is 0. The van der Waals surface area contributed by atoms with Crippen molar-refractivity contribution in [2.24, 2.45) is 0 Å². The van der Waals surface area contributed by atoms with Crippen LogP contribution in [-0.2, 0) is 6.54 Å². The number of likely N-dealkylation sites (N-methyl/N-ethyl adjacent to an activating group) is 1. The predicted molar refractivity (Wildman–Crippen MR) is 87.0 cm³/mol. The minimum absolute atomic E-state index is 0.259. The lowest BCUT2D eigenvalue weighted by atomic mass is 10.0. The topological polar surface area (TPSA) is 19.4 Å². The standard InChI is InChI=1S/C18H21F2N3/c1-2-22-5-7-23(8-6-22)13-14-9-15(12-21-11-14)17-10-16(19)3-4-18(17)20/h3-4,9-12H,2,5-8,13H2,1H3. The zero-order valence-electron chi connectivity index (χ0n) is 13.3. The highest BCUT2D eigenvalue weighted by Crippen LogP contribution is 2.24. The van der Waals surface area contributed by atoms with Gasteiger partial charge in [0.05, 0.1) is 0 Å². The Labute approximate surface area is 135 Å². The van der Waals surface area contributed by atoms with Crippen LogP contribution in [0.5, 0.6) is 0 Å². The molecule has 0 spiro atoms. The fourth-order valence-corrected chi connectivity index (χ4v) is 2.96. The van der Waals surface area contributed by atoms with Crippen molar-refractivity contribution in [3.05, 3.63) is 53.9 Å². The molecular weight excluding hydrogens is 296 g/mol. The van der Waals surface area contributed by atoms with Crippen molar-refractivity contribution in [1.82, 2.24) is 14.8 Å². The number of hydrogen-bond donors (Lipinski definition) is 0. The van der Waals surface area contributed by atoms with E-state index in [2.05, 4.69) is 21.7 Å². The predicted octanol–water partition coefficient (Wildman–Crippen LogP) is 3.16. The zero-order valence-corrected chi connectivity index (χ0v) is 13.3. The number of pyridine rings is 1. The third-order valence-electron chi connectivity index (χ3n) is 4.35. The van der Waals surface area contributed by atoms with Crippen molar-refractivity contribution in [2.45, 2.75) is 13.5 Å². The molecular formula is C18H21F2N3. The Kier molecular flexibility index (Phi) is 4.98. The monoisotopic (exact) mass is 317 g/mol. The van der Waals surface area contributed by atoms with Gasteiger partial charge in [0.1, 0.15) is 11.6 Å². The second-order valence-corrected chi connectivity index (χ2v) is 5.92. The summed E-state index contributed by atoms with van der Waals surface area (Å²) in [6, 6.07) is 5.40. The van der Waals surface area contributed by atoms with Gasteiger partial charge in [-0.1, -0.05) is 6.92 Å². The van der Waals surface area contributed by atoms with E-state index in [0.717, 1.165) is 57.0 Å². The summed E-state index contributed by atoms with van der Waals surface area (Å²) in [6.07, 6.45) is 3.38.